The molecule has 0 aliphatic heterocycles. The Morgan fingerprint density at radius 1 is 1.24 bits per heavy atom. The summed E-state index contributed by atoms with van der Waals surface area (Å²) in [6.45, 7) is 0. The number of hydrogen-bond acceptors (Lipinski definition) is 5. The van der Waals surface area contributed by atoms with Crippen molar-refractivity contribution in [2.24, 2.45) is 4.99 Å². The van der Waals surface area contributed by atoms with Gasteiger partial charge in [-0.15, -0.1) is 0 Å². The van der Waals surface area contributed by atoms with E-state index in [9.17, 15) is 0 Å². The number of hydrogen-bond donors (Lipinski definition) is 0. The molecule has 0 saturated heterocycles. The first-order chi connectivity index (χ1) is 8.33. The van der Waals surface area contributed by atoms with Gasteiger partial charge in [0, 0.05) is 22.1 Å². The monoisotopic (exact) mass is 279 g/mol. The van der Waals surface area contributed by atoms with Gasteiger partial charge in [0.25, 0.3) is 0 Å². The summed E-state index contributed by atoms with van der Waals surface area (Å²) in [6.07, 6.45) is 1.78. The minimum absolute atomic E-state index is 0.464. The highest BCUT2D eigenvalue weighted by atomic mass is 35.5. The fourth-order valence-electron chi connectivity index (χ4n) is 1.47. The molecule has 0 fully saturated rings. The topological polar surface area (TPSA) is 38.1 Å². The standard InChI is InChI=1S/C11H6ClN3S2/c12-10-11(16-17-15-10)14-8-3-4-9-7(6-8)2-1-5-13-9/h1-6H. The maximum atomic E-state index is 5.91. The summed E-state index contributed by atoms with van der Waals surface area (Å²) < 4.78 is 4.74. The molecule has 3 nitrogen and oxygen atoms in total. The summed E-state index contributed by atoms with van der Waals surface area (Å²) in [7, 11) is 2.81. The quantitative estimate of drug-likeness (QED) is 0.638. The van der Waals surface area contributed by atoms with Gasteiger partial charge in [-0.25, -0.2) is 4.99 Å². The van der Waals surface area contributed by atoms with Crippen molar-refractivity contribution in [3.63, 3.8) is 0 Å². The maximum absolute atomic E-state index is 5.91. The van der Waals surface area contributed by atoms with Gasteiger partial charge in [0.2, 0.25) is 0 Å². The third-order valence-electron chi connectivity index (χ3n) is 2.23. The van der Waals surface area contributed by atoms with Crippen LogP contribution in [-0.4, -0.2) is 9.36 Å². The molecule has 17 heavy (non-hydrogen) atoms. The van der Waals surface area contributed by atoms with E-state index < -0.39 is 0 Å². The van der Waals surface area contributed by atoms with Gasteiger partial charge < -0.3 is 0 Å². The summed E-state index contributed by atoms with van der Waals surface area (Å²) in [4.78, 5) is 8.72. The molecule has 0 amide bonds. The maximum Gasteiger partial charge on any atom is 0.179 e. The van der Waals surface area contributed by atoms with Gasteiger partial charge in [0.1, 0.15) is 0 Å². The van der Waals surface area contributed by atoms with E-state index in [1.54, 1.807) is 6.20 Å². The Labute approximate surface area is 110 Å². The number of pyridine rings is 1. The van der Waals surface area contributed by atoms with Crippen molar-refractivity contribution in [2.75, 3.05) is 0 Å². The molecule has 0 unspecified atom stereocenters. The summed E-state index contributed by atoms with van der Waals surface area (Å²) in [6, 6.07) is 9.79. The van der Waals surface area contributed by atoms with Crippen LogP contribution < -0.4 is 4.67 Å². The fraction of sp³-hybridized carbons (Fsp3) is 0. The Hall–Kier alpha value is -1.30. The molecule has 3 aromatic rings. The number of rotatable bonds is 1. The molecule has 0 saturated carbocycles. The van der Waals surface area contributed by atoms with Crippen molar-refractivity contribution in [3.05, 3.63) is 46.4 Å². The highest BCUT2D eigenvalue weighted by molar-refractivity contribution is 7.66. The molecular weight excluding hydrogens is 274 g/mol. The van der Waals surface area contributed by atoms with Gasteiger partial charge in [0.15, 0.2) is 9.82 Å². The summed E-state index contributed by atoms with van der Waals surface area (Å²) in [5.74, 6) is 0. The minimum Gasteiger partial charge on any atom is -0.256 e. The van der Waals surface area contributed by atoms with E-state index in [0.717, 1.165) is 21.3 Å². The number of halogens is 1. The van der Waals surface area contributed by atoms with Gasteiger partial charge in [-0.05, 0) is 34.6 Å². The van der Waals surface area contributed by atoms with E-state index in [0.29, 0.717) is 5.15 Å². The Kier molecular flexibility index (Phi) is 2.88. The first-order valence-corrected chi connectivity index (χ1v) is 7.32. The molecule has 1 aromatic carbocycles. The van der Waals surface area contributed by atoms with E-state index in [-0.39, 0.29) is 0 Å². The molecule has 6 heteroatoms. The number of benzene rings is 1. The first kappa shape index (κ1) is 10.8. The molecule has 0 spiro atoms. The van der Waals surface area contributed by atoms with Crippen molar-refractivity contribution < 1.29 is 0 Å². The van der Waals surface area contributed by atoms with Crippen LogP contribution in [0.1, 0.15) is 0 Å². The van der Waals surface area contributed by atoms with E-state index in [1.165, 1.54) is 20.9 Å². The number of fused-ring (bicyclic) bond motifs is 1. The second kappa shape index (κ2) is 4.52. The second-order valence-electron chi connectivity index (χ2n) is 3.34. The first-order valence-electron chi connectivity index (χ1n) is 4.84. The molecule has 0 aliphatic rings. The van der Waals surface area contributed by atoms with Crippen LogP contribution in [0.5, 0.6) is 0 Å². The summed E-state index contributed by atoms with van der Waals surface area (Å²) >= 11 is 5.91. The smallest absolute Gasteiger partial charge is 0.179 e. The Morgan fingerprint density at radius 2 is 2.18 bits per heavy atom. The zero-order valence-electron chi connectivity index (χ0n) is 8.50. The van der Waals surface area contributed by atoms with Crippen LogP contribution in [0.25, 0.3) is 10.9 Å². The van der Waals surface area contributed by atoms with Crippen molar-refractivity contribution >= 4 is 49.1 Å². The van der Waals surface area contributed by atoms with Crippen LogP contribution in [0.3, 0.4) is 0 Å². The van der Waals surface area contributed by atoms with Gasteiger partial charge in [-0.1, -0.05) is 17.7 Å². The highest BCUT2D eigenvalue weighted by Gasteiger charge is 1.99. The molecule has 2 aromatic heterocycles. The van der Waals surface area contributed by atoms with E-state index in [2.05, 4.69) is 14.3 Å². The van der Waals surface area contributed by atoms with Gasteiger partial charge in [0.05, 0.1) is 11.2 Å². The lowest BCUT2D eigenvalue weighted by Gasteiger charge is -1.97. The molecule has 0 bridgehead atoms. The molecule has 0 radical (unpaired) electrons. The molecule has 3 rings (SSSR count). The lowest BCUT2D eigenvalue weighted by molar-refractivity contribution is 1.37. The van der Waals surface area contributed by atoms with Crippen LogP contribution in [0.4, 0.5) is 5.69 Å². The Morgan fingerprint density at radius 3 is 3.00 bits per heavy atom. The van der Waals surface area contributed by atoms with E-state index in [1.807, 2.05) is 30.3 Å². The van der Waals surface area contributed by atoms with Crippen LogP contribution in [0, 0.1) is 0 Å². The molecule has 84 valence electrons. The van der Waals surface area contributed by atoms with Crippen LogP contribution in [-0.2, 0) is 0 Å². The predicted octanol–water partition coefficient (Wildman–Crippen LogP) is 3.64. The second-order valence-corrected chi connectivity index (χ2v) is 5.53. The fourth-order valence-corrected chi connectivity index (χ4v) is 3.47. The van der Waals surface area contributed by atoms with Crippen molar-refractivity contribution in [3.8, 4) is 0 Å². The SMILES string of the molecule is Clc1nssc1=Nc1ccc2ncccc2c1. The average Bonchev–Trinajstić information content (AvgIpc) is 2.75. The zero-order chi connectivity index (χ0) is 11.7. The van der Waals surface area contributed by atoms with E-state index in [4.69, 9.17) is 11.6 Å². The van der Waals surface area contributed by atoms with Gasteiger partial charge >= 0.3 is 0 Å². The van der Waals surface area contributed by atoms with Gasteiger partial charge in [-0.3, -0.25) is 4.98 Å². The number of aromatic nitrogens is 2. The summed E-state index contributed by atoms with van der Waals surface area (Å²) in [5.41, 5.74) is 1.83. The zero-order valence-corrected chi connectivity index (χ0v) is 10.9. The molecule has 0 atom stereocenters. The lowest BCUT2D eigenvalue weighted by Crippen LogP contribution is -1.92. The largest absolute Gasteiger partial charge is 0.256 e. The third-order valence-corrected chi connectivity index (χ3v) is 4.40. The third kappa shape index (κ3) is 2.22. The lowest BCUT2D eigenvalue weighted by atomic mass is 10.2. The molecule has 2 heterocycles. The molecule has 0 N–H and O–H groups in total. The molecule has 0 aliphatic carbocycles. The van der Waals surface area contributed by atoms with Crippen LogP contribution in [0.2, 0.25) is 5.15 Å². The van der Waals surface area contributed by atoms with Crippen molar-refractivity contribution in [1.29, 1.82) is 0 Å². The average molecular weight is 280 g/mol. The van der Waals surface area contributed by atoms with Gasteiger partial charge in [-0.2, -0.15) is 4.37 Å². The van der Waals surface area contributed by atoms with Crippen molar-refractivity contribution in [2.45, 2.75) is 0 Å². The predicted molar refractivity (Wildman–Crippen MR) is 72.0 cm³/mol. The summed E-state index contributed by atoms with van der Waals surface area (Å²) in [5, 5.41) is 1.53. The number of nitrogens with zero attached hydrogens (tertiary/aromatic N) is 3. The highest BCUT2D eigenvalue weighted by Crippen LogP contribution is 2.19. The van der Waals surface area contributed by atoms with Crippen LogP contribution in [0.15, 0.2) is 41.5 Å². The van der Waals surface area contributed by atoms with E-state index >= 15 is 0 Å². The minimum atomic E-state index is 0.464. The normalized spacial score (nSPS) is 12.2. The Bertz CT molecular complexity index is 732. The molecular formula is C11H6ClN3S2. The van der Waals surface area contributed by atoms with Crippen LogP contribution >= 0.6 is 32.5 Å². The Balaban J connectivity index is 2.17. The van der Waals surface area contributed by atoms with Crippen molar-refractivity contribution in [1.82, 2.24) is 9.36 Å².